The molecule has 7 heavy (non-hydrogen) atoms. The fourth-order valence-corrected chi connectivity index (χ4v) is 0. The summed E-state index contributed by atoms with van der Waals surface area (Å²) >= 11 is 0.0849. The summed E-state index contributed by atoms with van der Waals surface area (Å²) in [5.74, 6) is 0. The van der Waals surface area contributed by atoms with Gasteiger partial charge in [-0.15, -0.1) is 0 Å². The molecule has 0 aromatic heterocycles. The molecular weight excluding hydrogens is 187 g/mol. The molecule has 0 aliphatic rings. The second-order valence-electron chi connectivity index (χ2n) is 0.673. The van der Waals surface area contributed by atoms with E-state index >= 15 is 0 Å². The van der Waals surface area contributed by atoms with Crippen LogP contribution in [0, 0.1) is 0 Å². The van der Waals surface area contributed by atoms with Gasteiger partial charge in [-0.2, -0.15) is 0 Å². The zero-order chi connectivity index (χ0) is 5.21. The van der Waals surface area contributed by atoms with E-state index in [4.69, 9.17) is 9.79 Å². The summed E-state index contributed by atoms with van der Waals surface area (Å²) in [5, 5.41) is 0. The Bertz CT molecular complexity index is 75.8. The van der Waals surface area contributed by atoms with Gasteiger partial charge in [-0.05, 0) is 0 Å². The van der Waals surface area contributed by atoms with Gasteiger partial charge in [0.05, 0.1) is 0 Å². The summed E-state index contributed by atoms with van der Waals surface area (Å²) < 4.78 is 13.2. The Morgan fingerprint density at radius 3 is 1.71 bits per heavy atom. The first-order valence-corrected chi connectivity index (χ1v) is 3.52. The zero-order valence-corrected chi connectivity index (χ0v) is 9.73. The Morgan fingerprint density at radius 1 is 1.57 bits per heavy atom. The Morgan fingerprint density at radius 2 is 1.71 bits per heavy atom. The number of phosphoric acid groups is 1. The monoisotopic (exact) mass is 190 g/mol. The van der Waals surface area contributed by atoms with Crippen molar-refractivity contribution in [2.24, 2.45) is 0 Å². The molecule has 0 rings (SSSR count). The molecule has 2 N–H and O–H groups in total. The fourth-order valence-electron chi connectivity index (χ4n) is 0. The Kier molecular flexibility index (Phi) is 6.63. The van der Waals surface area contributed by atoms with Gasteiger partial charge in [-0.25, -0.2) is 4.57 Å². The van der Waals surface area contributed by atoms with E-state index in [0.717, 1.165) is 0 Å². The molecule has 0 saturated heterocycles. The van der Waals surface area contributed by atoms with Crippen molar-refractivity contribution < 1.29 is 37.4 Å². The van der Waals surface area contributed by atoms with Crippen molar-refractivity contribution in [1.29, 1.82) is 0 Å². The van der Waals surface area contributed by atoms with Crippen molar-refractivity contribution in [3.05, 3.63) is 0 Å². The van der Waals surface area contributed by atoms with Crippen molar-refractivity contribution in [1.82, 2.24) is 0 Å². The van der Waals surface area contributed by atoms with E-state index < -0.39 is 7.82 Å². The predicted molar refractivity (Wildman–Crippen MR) is 21.7 cm³/mol. The Labute approximate surface area is 62.0 Å². The van der Waals surface area contributed by atoms with Gasteiger partial charge in [-0.1, -0.05) is 0 Å². The SMILES string of the molecule is O=P(O)(O)[O][AlH2].[Zn]. The molecule has 7 heteroatoms. The minimum absolute atomic E-state index is 0. The Hall–Kier alpha value is 1.27. The van der Waals surface area contributed by atoms with E-state index in [1.807, 2.05) is 0 Å². The molecule has 0 amide bonds. The van der Waals surface area contributed by atoms with Gasteiger partial charge in [0.15, 0.2) is 0 Å². The smallest absolute Gasteiger partial charge is 0.423 e. The molecule has 0 aromatic rings. The van der Waals surface area contributed by atoms with Gasteiger partial charge in [0.25, 0.3) is 0 Å². The van der Waals surface area contributed by atoms with Crippen LogP contribution in [0.5, 0.6) is 0 Å². The molecule has 0 atom stereocenters. The van der Waals surface area contributed by atoms with Crippen LogP contribution in [0.25, 0.3) is 0 Å². The maximum atomic E-state index is 9.51. The molecular formula is H4AlO4PZn. The van der Waals surface area contributed by atoms with Gasteiger partial charge >= 0.3 is 24.4 Å². The normalized spacial score (nSPS) is 10.0. The first-order chi connectivity index (χ1) is 2.56. The van der Waals surface area contributed by atoms with Crippen LogP contribution in [0.2, 0.25) is 0 Å². The van der Waals surface area contributed by atoms with Gasteiger partial charge in [-0.3, -0.25) is 0 Å². The molecule has 0 aromatic carbocycles. The van der Waals surface area contributed by atoms with Gasteiger partial charge in [0, 0.05) is 19.5 Å². The fraction of sp³-hybridized carbons (Fsp3) is 0. The largest absolute Gasteiger partial charge is 0.441 e. The average molecular weight is 191 g/mol. The molecule has 0 fully saturated rings. The van der Waals surface area contributed by atoms with Crippen LogP contribution < -0.4 is 0 Å². The number of hydrogen-bond acceptors (Lipinski definition) is 2. The summed E-state index contributed by atoms with van der Waals surface area (Å²) in [6.45, 7) is 0. The van der Waals surface area contributed by atoms with E-state index in [1.165, 1.54) is 0 Å². The third kappa shape index (κ3) is 11.1. The maximum Gasteiger partial charge on any atom is 0.441 e. The van der Waals surface area contributed by atoms with Crippen LogP contribution in [0.4, 0.5) is 0 Å². The van der Waals surface area contributed by atoms with Crippen molar-refractivity contribution in [2.75, 3.05) is 0 Å². The molecule has 0 aliphatic carbocycles. The van der Waals surface area contributed by atoms with Crippen LogP contribution in [0.1, 0.15) is 0 Å². The number of hydrogen-bond donors (Lipinski definition) is 2. The van der Waals surface area contributed by atoms with Crippen LogP contribution >= 0.6 is 7.82 Å². The molecule has 0 radical (unpaired) electrons. The second kappa shape index (κ2) is 4.18. The molecule has 0 unspecified atom stereocenters. The minimum atomic E-state index is -4.08. The quantitative estimate of drug-likeness (QED) is 0.397. The Balaban J connectivity index is 0. The van der Waals surface area contributed by atoms with E-state index in [1.54, 1.807) is 0 Å². The number of rotatable bonds is 1. The van der Waals surface area contributed by atoms with E-state index in [9.17, 15) is 4.57 Å². The van der Waals surface area contributed by atoms with Crippen molar-refractivity contribution >= 4 is 24.4 Å². The first kappa shape index (κ1) is 11.1. The van der Waals surface area contributed by atoms with Crippen LogP contribution in [0.15, 0.2) is 0 Å². The van der Waals surface area contributed by atoms with E-state index in [-0.39, 0.29) is 36.1 Å². The summed E-state index contributed by atoms with van der Waals surface area (Å²) in [4.78, 5) is 15.5. The third-order valence-corrected chi connectivity index (χ3v) is 2.14. The summed E-state index contributed by atoms with van der Waals surface area (Å²) in [6.07, 6.45) is 0. The summed E-state index contributed by atoms with van der Waals surface area (Å²) in [6, 6.07) is 0. The van der Waals surface area contributed by atoms with Crippen LogP contribution in [-0.4, -0.2) is 26.4 Å². The molecule has 0 spiro atoms. The van der Waals surface area contributed by atoms with Gasteiger partial charge < -0.3 is 13.4 Å². The summed E-state index contributed by atoms with van der Waals surface area (Å²) in [5.41, 5.74) is 0. The second-order valence-corrected chi connectivity index (χ2v) is 3.11. The topological polar surface area (TPSA) is 66.8 Å². The van der Waals surface area contributed by atoms with Crippen LogP contribution in [-0.2, 0) is 27.6 Å². The standard InChI is InChI=1S/Al.H3O4P.Zn.2H/c;1-5(2,3)4;;;/h;(H3,1,2,3,4);;;/q+1;;;;/p-1. The molecule has 0 heterocycles. The minimum Gasteiger partial charge on any atom is -0.423 e. The summed E-state index contributed by atoms with van der Waals surface area (Å²) in [7, 11) is -4.08. The van der Waals surface area contributed by atoms with Crippen LogP contribution in [0.3, 0.4) is 0 Å². The molecule has 0 saturated carbocycles. The van der Waals surface area contributed by atoms with Gasteiger partial charge in [0.2, 0.25) is 0 Å². The van der Waals surface area contributed by atoms with Gasteiger partial charge in [0.1, 0.15) is 0 Å². The molecule has 0 bridgehead atoms. The first-order valence-electron chi connectivity index (χ1n) is 1.17. The molecule has 38 valence electrons. The predicted octanol–water partition coefficient (Wildman–Crippen LogP) is -1.36. The van der Waals surface area contributed by atoms with Crippen molar-refractivity contribution in [3.63, 3.8) is 0 Å². The van der Waals surface area contributed by atoms with Crippen molar-refractivity contribution in [3.8, 4) is 0 Å². The third-order valence-electron chi connectivity index (χ3n) is 0.238. The van der Waals surface area contributed by atoms with Crippen molar-refractivity contribution in [2.45, 2.75) is 0 Å². The zero-order valence-electron chi connectivity index (χ0n) is 3.87. The molecule has 0 aliphatic heterocycles. The molecule has 4 nitrogen and oxygen atoms in total. The maximum absolute atomic E-state index is 9.51. The van der Waals surface area contributed by atoms with E-state index in [2.05, 4.69) is 3.58 Å². The van der Waals surface area contributed by atoms with E-state index in [0.29, 0.717) is 0 Å². The average Bonchev–Trinajstić information content (AvgIpc) is 1.35.